The molecular formula is C14H14BrClFN3O. The van der Waals surface area contributed by atoms with Gasteiger partial charge in [0.2, 0.25) is 5.91 Å². The van der Waals surface area contributed by atoms with E-state index in [1.165, 1.54) is 6.42 Å². The van der Waals surface area contributed by atoms with Crippen molar-refractivity contribution in [3.05, 3.63) is 26.9 Å². The molecule has 1 N–H and O–H groups in total. The van der Waals surface area contributed by atoms with Crippen LogP contribution in [0.1, 0.15) is 24.8 Å². The first-order valence-corrected chi connectivity index (χ1v) is 8.02. The van der Waals surface area contributed by atoms with Gasteiger partial charge in [-0.1, -0.05) is 11.6 Å². The van der Waals surface area contributed by atoms with Crippen LogP contribution in [0.5, 0.6) is 0 Å². The van der Waals surface area contributed by atoms with E-state index in [4.69, 9.17) is 11.6 Å². The quantitative estimate of drug-likeness (QED) is 0.707. The number of carbonyl (C=O) groups is 1. The van der Waals surface area contributed by atoms with Crippen LogP contribution in [0, 0.1) is 5.82 Å². The lowest BCUT2D eigenvalue weighted by Crippen LogP contribution is -2.36. The molecule has 0 radical (unpaired) electrons. The molecule has 1 amide bonds. The number of nitrogens with one attached hydrogen (secondary N) is 1. The molecule has 2 aliphatic rings. The predicted octanol–water partition coefficient (Wildman–Crippen LogP) is 3.43. The SMILES string of the molecule is O=C1CN=C(N2CCCCC2)c2cc(Cl)c(Br)c(F)c2N1. The first-order valence-electron chi connectivity index (χ1n) is 6.85. The number of amidine groups is 1. The van der Waals surface area contributed by atoms with Crippen molar-refractivity contribution in [1.29, 1.82) is 0 Å². The summed E-state index contributed by atoms with van der Waals surface area (Å²) in [5.74, 6) is -0.231. The van der Waals surface area contributed by atoms with E-state index in [2.05, 4.69) is 31.1 Å². The van der Waals surface area contributed by atoms with Gasteiger partial charge in [0.25, 0.3) is 0 Å². The van der Waals surface area contributed by atoms with E-state index in [-0.39, 0.29) is 27.6 Å². The van der Waals surface area contributed by atoms with Crippen LogP contribution in [0.4, 0.5) is 10.1 Å². The molecule has 0 saturated carbocycles. The second kappa shape index (κ2) is 5.93. The summed E-state index contributed by atoms with van der Waals surface area (Å²) in [4.78, 5) is 18.2. The molecule has 0 atom stereocenters. The maximum absolute atomic E-state index is 14.4. The molecular weight excluding hydrogens is 361 g/mol. The van der Waals surface area contributed by atoms with Gasteiger partial charge in [0.05, 0.1) is 15.2 Å². The van der Waals surface area contributed by atoms with Crippen LogP contribution < -0.4 is 5.32 Å². The Labute approximate surface area is 135 Å². The highest BCUT2D eigenvalue weighted by atomic mass is 79.9. The number of hydrogen-bond donors (Lipinski definition) is 1. The Balaban J connectivity index is 2.12. The molecule has 2 aliphatic heterocycles. The van der Waals surface area contributed by atoms with E-state index in [1.54, 1.807) is 6.07 Å². The van der Waals surface area contributed by atoms with Crippen molar-refractivity contribution in [3.8, 4) is 0 Å². The zero-order valence-corrected chi connectivity index (χ0v) is 13.6. The van der Waals surface area contributed by atoms with E-state index in [0.29, 0.717) is 11.4 Å². The average molecular weight is 375 g/mol. The molecule has 1 fully saturated rings. The smallest absolute Gasteiger partial charge is 0.246 e. The lowest BCUT2D eigenvalue weighted by atomic mass is 10.1. The van der Waals surface area contributed by atoms with Gasteiger partial charge in [-0.15, -0.1) is 0 Å². The summed E-state index contributed by atoms with van der Waals surface area (Å²) in [6, 6.07) is 1.66. The number of anilines is 1. The third-order valence-corrected chi connectivity index (χ3v) is 5.00. The van der Waals surface area contributed by atoms with Gasteiger partial charge in [0.15, 0.2) is 5.82 Å². The number of carbonyl (C=O) groups excluding carboxylic acids is 1. The fourth-order valence-corrected chi connectivity index (χ4v) is 3.19. The normalized spacial score (nSPS) is 18.7. The summed E-state index contributed by atoms with van der Waals surface area (Å²) in [5.41, 5.74) is 0.701. The summed E-state index contributed by atoms with van der Waals surface area (Å²) in [7, 11) is 0. The second-order valence-electron chi connectivity index (χ2n) is 5.14. The van der Waals surface area contributed by atoms with Crippen molar-refractivity contribution in [3.63, 3.8) is 0 Å². The largest absolute Gasteiger partial charge is 0.356 e. The molecule has 2 heterocycles. The molecule has 7 heteroatoms. The zero-order valence-electron chi connectivity index (χ0n) is 11.3. The number of benzodiazepines with no additional fused rings is 1. The van der Waals surface area contributed by atoms with Crippen molar-refractivity contribution >= 4 is 45.0 Å². The molecule has 1 aromatic carbocycles. The molecule has 1 aromatic rings. The minimum absolute atomic E-state index is 0.00477. The molecule has 4 nitrogen and oxygen atoms in total. The molecule has 0 spiro atoms. The number of piperidine rings is 1. The number of hydrogen-bond acceptors (Lipinski definition) is 3. The molecule has 21 heavy (non-hydrogen) atoms. The minimum atomic E-state index is -0.558. The Morgan fingerprint density at radius 2 is 2.05 bits per heavy atom. The summed E-state index contributed by atoms with van der Waals surface area (Å²) in [5, 5.41) is 2.85. The number of amides is 1. The number of nitrogens with zero attached hydrogens (tertiary/aromatic N) is 2. The van der Waals surface area contributed by atoms with Crippen molar-refractivity contribution in [2.75, 3.05) is 25.0 Å². The van der Waals surface area contributed by atoms with Gasteiger partial charge in [-0.25, -0.2) is 4.39 Å². The van der Waals surface area contributed by atoms with E-state index in [1.807, 2.05) is 0 Å². The van der Waals surface area contributed by atoms with Crippen LogP contribution in [-0.2, 0) is 4.79 Å². The Morgan fingerprint density at radius 1 is 1.33 bits per heavy atom. The molecule has 0 aliphatic carbocycles. The number of likely N-dealkylation sites (tertiary alicyclic amines) is 1. The molecule has 1 saturated heterocycles. The Bertz CT molecular complexity index is 629. The van der Waals surface area contributed by atoms with E-state index in [9.17, 15) is 9.18 Å². The highest BCUT2D eigenvalue weighted by Gasteiger charge is 2.27. The topological polar surface area (TPSA) is 44.7 Å². The van der Waals surface area contributed by atoms with Crippen molar-refractivity contribution < 1.29 is 9.18 Å². The zero-order chi connectivity index (χ0) is 15.0. The molecule has 0 aromatic heterocycles. The number of fused-ring (bicyclic) bond motifs is 1. The third-order valence-electron chi connectivity index (χ3n) is 3.70. The van der Waals surface area contributed by atoms with E-state index >= 15 is 0 Å². The van der Waals surface area contributed by atoms with Gasteiger partial charge in [-0.2, -0.15) is 0 Å². The standard InChI is InChI=1S/C14H14BrClFN3O/c15-11-9(16)6-8-13(12(11)17)19-10(21)7-18-14(8)20-4-2-1-3-5-20/h6H,1-5,7H2,(H,19,21). The van der Waals surface area contributed by atoms with Crippen LogP contribution in [0.3, 0.4) is 0 Å². The molecule has 0 bridgehead atoms. The highest BCUT2D eigenvalue weighted by Crippen LogP contribution is 2.35. The van der Waals surface area contributed by atoms with Crippen LogP contribution in [0.15, 0.2) is 15.5 Å². The van der Waals surface area contributed by atoms with Crippen molar-refractivity contribution in [1.82, 2.24) is 4.90 Å². The number of halogens is 3. The summed E-state index contributed by atoms with van der Waals surface area (Å²) in [6.07, 6.45) is 3.33. The maximum Gasteiger partial charge on any atom is 0.246 e. The van der Waals surface area contributed by atoms with Gasteiger partial charge in [-0.3, -0.25) is 9.79 Å². The van der Waals surface area contributed by atoms with Crippen LogP contribution in [0.2, 0.25) is 5.02 Å². The fraction of sp³-hybridized carbons (Fsp3) is 0.429. The number of rotatable bonds is 0. The average Bonchev–Trinajstić information content (AvgIpc) is 2.65. The third kappa shape index (κ3) is 2.79. The summed E-state index contributed by atoms with van der Waals surface area (Å²) in [6.45, 7) is 1.72. The van der Waals surface area contributed by atoms with Gasteiger partial charge in [0, 0.05) is 18.7 Å². The van der Waals surface area contributed by atoms with Gasteiger partial charge >= 0.3 is 0 Å². The van der Waals surface area contributed by atoms with Crippen LogP contribution in [0.25, 0.3) is 0 Å². The minimum Gasteiger partial charge on any atom is -0.356 e. The Kier molecular flexibility index (Phi) is 4.17. The first-order chi connectivity index (χ1) is 10.1. The van der Waals surface area contributed by atoms with Gasteiger partial charge < -0.3 is 10.2 Å². The van der Waals surface area contributed by atoms with Gasteiger partial charge in [0.1, 0.15) is 12.4 Å². The first kappa shape index (κ1) is 14.8. The monoisotopic (exact) mass is 373 g/mol. The van der Waals surface area contributed by atoms with Gasteiger partial charge in [-0.05, 0) is 41.3 Å². The Morgan fingerprint density at radius 3 is 2.76 bits per heavy atom. The van der Waals surface area contributed by atoms with E-state index < -0.39 is 5.82 Å². The van der Waals surface area contributed by atoms with Crippen LogP contribution in [-0.4, -0.2) is 36.3 Å². The predicted molar refractivity (Wildman–Crippen MR) is 84.6 cm³/mol. The summed E-state index contributed by atoms with van der Waals surface area (Å²) < 4.78 is 14.6. The molecule has 3 rings (SSSR count). The Hall–Kier alpha value is -1.14. The molecule has 0 unspecified atom stereocenters. The molecule has 112 valence electrons. The number of benzene rings is 1. The van der Waals surface area contributed by atoms with E-state index in [0.717, 1.165) is 25.9 Å². The lowest BCUT2D eigenvalue weighted by Gasteiger charge is -2.30. The fourth-order valence-electron chi connectivity index (χ4n) is 2.68. The maximum atomic E-state index is 14.4. The van der Waals surface area contributed by atoms with Crippen molar-refractivity contribution in [2.45, 2.75) is 19.3 Å². The number of aliphatic imine (C=N–C) groups is 1. The lowest BCUT2D eigenvalue weighted by molar-refractivity contribution is -0.114. The second-order valence-corrected chi connectivity index (χ2v) is 6.34. The highest BCUT2D eigenvalue weighted by molar-refractivity contribution is 9.10. The van der Waals surface area contributed by atoms with Crippen molar-refractivity contribution in [2.24, 2.45) is 4.99 Å². The summed E-state index contributed by atoms with van der Waals surface area (Å²) >= 11 is 9.18. The van der Waals surface area contributed by atoms with Crippen LogP contribution >= 0.6 is 27.5 Å².